The van der Waals surface area contributed by atoms with E-state index in [1.54, 1.807) is 30.3 Å². The van der Waals surface area contributed by atoms with Gasteiger partial charge in [-0.25, -0.2) is 9.97 Å². The third-order valence-electron chi connectivity index (χ3n) is 4.12. The summed E-state index contributed by atoms with van der Waals surface area (Å²) in [5.41, 5.74) is 4.28. The molecule has 0 radical (unpaired) electrons. The number of fused-ring (bicyclic) bond motifs is 1. The minimum atomic E-state index is -0.176. The first-order valence-electron chi connectivity index (χ1n) is 8.46. The van der Waals surface area contributed by atoms with Crippen LogP contribution in [0.2, 0.25) is 5.02 Å². The summed E-state index contributed by atoms with van der Waals surface area (Å²) in [5.74, 6) is 0.262. The van der Waals surface area contributed by atoms with Crippen molar-refractivity contribution in [3.63, 3.8) is 0 Å². The molecule has 4 rings (SSSR count). The Labute approximate surface area is 161 Å². The average Bonchev–Trinajstić information content (AvgIpc) is 3.11. The number of amides is 1. The highest BCUT2D eigenvalue weighted by molar-refractivity contribution is 6.30. The molecule has 0 aliphatic rings. The summed E-state index contributed by atoms with van der Waals surface area (Å²) in [5, 5.41) is 3.56. The third-order valence-corrected chi connectivity index (χ3v) is 4.38. The van der Waals surface area contributed by atoms with Crippen molar-refractivity contribution in [1.29, 1.82) is 0 Å². The normalized spacial score (nSPS) is 10.9. The van der Waals surface area contributed by atoms with Crippen molar-refractivity contribution >= 4 is 28.6 Å². The van der Waals surface area contributed by atoms with Gasteiger partial charge in [0, 0.05) is 22.8 Å². The number of aromatic nitrogens is 2. The van der Waals surface area contributed by atoms with Gasteiger partial charge >= 0.3 is 0 Å². The number of hydrogen-bond acceptors (Lipinski definition) is 4. The molecular weight excluding hydrogens is 362 g/mol. The lowest BCUT2D eigenvalue weighted by molar-refractivity contribution is 0.0951. The maximum absolute atomic E-state index is 12.4. The molecule has 2 aromatic carbocycles. The van der Waals surface area contributed by atoms with Crippen molar-refractivity contribution in [2.45, 2.75) is 13.5 Å². The Hall–Kier alpha value is -3.18. The van der Waals surface area contributed by atoms with E-state index in [-0.39, 0.29) is 5.91 Å². The Kier molecular flexibility index (Phi) is 4.60. The minimum Gasteiger partial charge on any atom is -0.435 e. The van der Waals surface area contributed by atoms with E-state index in [0.29, 0.717) is 39.8 Å². The van der Waals surface area contributed by atoms with Crippen LogP contribution in [0.4, 0.5) is 0 Å². The number of carbonyl (C=O) groups excluding carboxylic acids is 1. The fourth-order valence-corrected chi connectivity index (χ4v) is 2.85. The van der Waals surface area contributed by atoms with E-state index in [1.165, 1.54) is 0 Å². The number of nitrogens with one attached hydrogen (secondary N) is 1. The number of carbonyl (C=O) groups is 1. The number of hydrogen-bond donors (Lipinski definition) is 1. The zero-order valence-electron chi connectivity index (χ0n) is 14.6. The quantitative estimate of drug-likeness (QED) is 0.555. The highest BCUT2D eigenvalue weighted by Gasteiger charge is 2.12. The fourth-order valence-electron chi connectivity index (χ4n) is 2.73. The molecule has 2 aromatic heterocycles. The molecule has 2 heterocycles. The van der Waals surface area contributed by atoms with E-state index in [2.05, 4.69) is 15.3 Å². The lowest BCUT2D eigenvalue weighted by Crippen LogP contribution is -2.22. The molecule has 134 valence electrons. The van der Waals surface area contributed by atoms with Gasteiger partial charge in [0.2, 0.25) is 5.89 Å². The Morgan fingerprint density at radius 3 is 2.67 bits per heavy atom. The van der Waals surface area contributed by atoms with E-state index in [1.807, 2.05) is 37.3 Å². The van der Waals surface area contributed by atoms with Crippen LogP contribution >= 0.6 is 11.6 Å². The van der Waals surface area contributed by atoms with E-state index < -0.39 is 0 Å². The molecule has 0 aliphatic heterocycles. The molecule has 6 heteroatoms. The summed E-state index contributed by atoms with van der Waals surface area (Å²) < 4.78 is 5.77. The monoisotopic (exact) mass is 377 g/mol. The van der Waals surface area contributed by atoms with Gasteiger partial charge in [-0.3, -0.25) is 4.79 Å². The second-order valence-corrected chi connectivity index (χ2v) is 6.61. The Morgan fingerprint density at radius 1 is 1.07 bits per heavy atom. The van der Waals surface area contributed by atoms with Crippen LogP contribution in [-0.4, -0.2) is 15.9 Å². The molecule has 0 aliphatic carbocycles. The number of benzene rings is 2. The molecule has 5 nitrogen and oxygen atoms in total. The summed E-state index contributed by atoms with van der Waals surface area (Å²) in [4.78, 5) is 21.3. The Balaban J connectivity index is 1.54. The molecule has 0 saturated carbocycles. The number of rotatable bonds is 4. The number of nitrogens with zero attached hydrogens (tertiary/aromatic N) is 2. The van der Waals surface area contributed by atoms with Gasteiger partial charge in [0.15, 0.2) is 5.58 Å². The van der Waals surface area contributed by atoms with Crippen LogP contribution in [-0.2, 0) is 6.54 Å². The van der Waals surface area contributed by atoms with Crippen molar-refractivity contribution in [2.24, 2.45) is 0 Å². The zero-order chi connectivity index (χ0) is 18.8. The summed E-state index contributed by atoms with van der Waals surface area (Å²) in [7, 11) is 0. The Bertz CT molecular complexity index is 1120. The van der Waals surface area contributed by atoms with Crippen LogP contribution in [0.15, 0.2) is 65.1 Å². The lowest BCUT2D eigenvalue weighted by Gasteiger charge is -2.05. The molecule has 0 unspecified atom stereocenters. The number of pyridine rings is 1. The predicted octanol–water partition coefficient (Wildman–Crippen LogP) is 4.78. The standard InChI is InChI=1S/C21H16ClN3O2/c1-13-3-2-4-17(24-13)21-25-18-11-15(7-10-19(18)27-21)20(26)23-12-14-5-8-16(22)9-6-14/h2-11H,12H2,1H3,(H,23,26). The van der Waals surface area contributed by atoms with Crippen molar-refractivity contribution < 1.29 is 9.21 Å². The van der Waals surface area contributed by atoms with Crippen LogP contribution < -0.4 is 5.32 Å². The molecule has 1 N–H and O–H groups in total. The minimum absolute atomic E-state index is 0.176. The highest BCUT2D eigenvalue weighted by Crippen LogP contribution is 2.24. The van der Waals surface area contributed by atoms with Crippen LogP contribution in [0.25, 0.3) is 22.7 Å². The van der Waals surface area contributed by atoms with Gasteiger partial charge in [-0.05, 0) is 55.0 Å². The van der Waals surface area contributed by atoms with Crippen molar-refractivity contribution in [1.82, 2.24) is 15.3 Å². The van der Waals surface area contributed by atoms with E-state index >= 15 is 0 Å². The third kappa shape index (κ3) is 3.83. The van der Waals surface area contributed by atoms with Crippen molar-refractivity contribution in [3.05, 3.63) is 82.5 Å². The Morgan fingerprint density at radius 2 is 1.89 bits per heavy atom. The largest absolute Gasteiger partial charge is 0.435 e. The predicted molar refractivity (Wildman–Crippen MR) is 105 cm³/mol. The first-order chi connectivity index (χ1) is 13.1. The second kappa shape index (κ2) is 7.21. The smallest absolute Gasteiger partial charge is 0.251 e. The van der Waals surface area contributed by atoms with E-state index in [0.717, 1.165) is 11.3 Å². The molecule has 0 bridgehead atoms. The molecule has 0 fully saturated rings. The maximum atomic E-state index is 12.4. The zero-order valence-corrected chi connectivity index (χ0v) is 15.3. The number of oxazole rings is 1. The van der Waals surface area contributed by atoms with E-state index in [9.17, 15) is 4.79 Å². The van der Waals surface area contributed by atoms with Crippen molar-refractivity contribution in [3.8, 4) is 11.6 Å². The maximum Gasteiger partial charge on any atom is 0.251 e. The van der Waals surface area contributed by atoms with Crippen LogP contribution in [0.3, 0.4) is 0 Å². The van der Waals surface area contributed by atoms with Gasteiger partial charge in [-0.2, -0.15) is 0 Å². The van der Waals surface area contributed by atoms with Gasteiger partial charge < -0.3 is 9.73 Å². The summed E-state index contributed by atoms with van der Waals surface area (Å²) in [6.45, 7) is 2.33. The molecule has 1 amide bonds. The lowest BCUT2D eigenvalue weighted by atomic mass is 10.2. The highest BCUT2D eigenvalue weighted by atomic mass is 35.5. The summed E-state index contributed by atoms with van der Waals surface area (Å²) >= 11 is 5.87. The average molecular weight is 378 g/mol. The number of aryl methyl sites for hydroxylation is 1. The molecular formula is C21H16ClN3O2. The summed E-state index contributed by atoms with van der Waals surface area (Å²) in [6.07, 6.45) is 0. The first kappa shape index (κ1) is 17.2. The number of halogens is 1. The molecule has 27 heavy (non-hydrogen) atoms. The summed E-state index contributed by atoms with van der Waals surface area (Å²) in [6, 6.07) is 18.2. The van der Waals surface area contributed by atoms with E-state index in [4.69, 9.17) is 16.0 Å². The van der Waals surface area contributed by atoms with Gasteiger partial charge in [-0.15, -0.1) is 0 Å². The fraction of sp³-hybridized carbons (Fsp3) is 0.0952. The van der Waals surface area contributed by atoms with Gasteiger partial charge in [0.25, 0.3) is 5.91 Å². The molecule has 4 aromatic rings. The first-order valence-corrected chi connectivity index (χ1v) is 8.83. The van der Waals surface area contributed by atoms with Gasteiger partial charge in [0.05, 0.1) is 0 Å². The SMILES string of the molecule is Cc1cccc(-c2nc3cc(C(=O)NCc4ccc(Cl)cc4)ccc3o2)n1. The molecule has 0 atom stereocenters. The van der Waals surface area contributed by atoms with Crippen molar-refractivity contribution in [2.75, 3.05) is 0 Å². The van der Waals surface area contributed by atoms with Gasteiger partial charge in [0.1, 0.15) is 11.2 Å². The van der Waals surface area contributed by atoms with Crippen LogP contribution in [0, 0.1) is 6.92 Å². The topological polar surface area (TPSA) is 68.0 Å². The second-order valence-electron chi connectivity index (χ2n) is 6.17. The van der Waals surface area contributed by atoms with Gasteiger partial charge in [-0.1, -0.05) is 29.8 Å². The molecule has 0 spiro atoms. The van der Waals surface area contributed by atoms with Crippen LogP contribution in [0.5, 0.6) is 0 Å². The van der Waals surface area contributed by atoms with Crippen LogP contribution in [0.1, 0.15) is 21.6 Å². The molecule has 0 saturated heterocycles.